The minimum absolute atomic E-state index is 0.144. The number of aliphatic hydroxyl groups excluding tert-OH is 1. The van der Waals surface area contributed by atoms with E-state index in [0.717, 1.165) is 0 Å². The van der Waals surface area contributed by atoms with Crippen LogP contribution in [-0.2, 0) is 19.1 Å². The van der Waals surface area contributed by atoms with Gasteiger partial charge in [-0.05, 0) is 12.8 Å². The van der Waals surface area contributed by atoms with Crippen LogP contribution < -0.4 is 0 Å². The van der Waals surface area contributed by atoms with Crippen LogP contribution in [0.15, 0.2) is 25.3 Å². The van der Waals surface area contributed by atoms with Crippen LogP contribution in [0, 0.1) is 0 Å². The highest BCUT2D eigenvalue weighted by Gasteiger charge is 2.20. The number of carbonyl (C=O) groups is 2. The lowest BCUT2D eigenvalue weighted by molar-refractivity contribution is -0.159. The van der Waals surface area contributed by atoms with Gasteiger partial charge in [0.25, 0.3) is 0 Å². The molecule has 5 heteroatoms. The zero-order valence-corrected chi connectivity index (χ0v) is 9.76. The van der Waals surface area contributed by atoms with Crippen LogP contribution in [0.1, 0.15) is 19.3 Å². The lowest BCUT2D eigenvalue weighted by Gasteiger charge is -2.09. The van der Waals surface area contributed by atoms with Gasteiger partial charge in [0, 0.05) is 0 Å². The fourth-order valence-electron chi connectivity index (χ4n) is 0.895. The summed E-state index contributed by atoms with van der Waals surface area (Å²) in [7, 11) is 0. The molecule has 17 heavy (non-hydrogen) atoms. The van der Waals surface area contributed by atoms with Crippen molar-refractivity contribution in [3.05, 3.63) is 25.3 Å². The molecule has 1 atom stereocenters. The monoisotopic (exact) mass is 242 g/mol. The highest BCUT2D eigenvalue weighted by atomic mass is 16.6. The van der Waals surface area contributed by atoms with Crippen molar-refractivity contribution in [1.29, 1.82) is 0 Å². The lowest BCUT2D eigenvalue weighted by Crippen LogP contribution is -2.27. The average Bonchev–Trinajstić information content (AvgIpc) is 2.29. The maximum atomic E-state index is 11.2. The molecule has 0 aromatic heterocycles. The summed E-state index contributed by atoms with van der Waals surface area (Å²) in [6.07, 6.45) is 2.35. The second kappa shape index (κ2) is 9.59. The van der Waals surface area contributed by atoms with Gasteiger partial charge in [-0.3, -0.25) is 4.79 Å². The van der Waals surface area contributed by atoms with E-state index in [0.29, 0.717) is 12.8 Å². The molecule has 0 bridgehead atoms. The number of ether oxygens (including phenoxy) is 2. The zero-order chi connectivity index (χ0) is 13.1. The molecular formula is C12H18O5. The fraction of sp³-hybridized carbons (Fsp3) is 0.500. The Bertz CT molecular complexity index is 272. The predicted octanol–water partition coefficient (Wildman–Crippen LogP) is 0.976. The second-order valence-electron chi connectivity index (χ2n) is 3.26. The summed E-state index contributed by atoms with van der Waals surface area (Å²) >= 11 is 0. The number of esters is 2. The summed E-state index contributed by atoms with van der Waals surface area (Å²) in [6.45, 7) is 7.26. The van der Waals surface area contributed by atoms with Crippen molar-refractivity contribution >= 4 is 11.9 Å². The number of rotatable bonds is 9. The molecule has 0 fully saturated rings. The Morgan fingerprint density at radius 2 is 1.65 bits per heavy atom. The molecule has 1 unspecified atom stereocenters. The number of carbonyl (C=O) groups excluding carboxylic acids is 2. The first-order valence-corrected chi connectivity index (χ1v) is 5.34. The number of aliphatic hydroxyl groups is 1. The molecule has 96 valence electrons. The van der Waals surface area contributed by atoms with E-state index in [9.17, 15) is 14.7 Å². The van der Waals surface area contributed by atoms with Crippen molar-refractivity contribution in [1.82, 2.24) is 0 Å². The molecule has 0 radical (unpaired) electrons. The Balaban J connectivity index is 3.77. The molecule has 0 saturated carbocycles. The minimum atomic E-state index is -1.48. The Kier molecular flexibility index (Phi) is 8.68. The predicted molar refractivity (Wildman–Crippen MR) is 62.2 cm³/mol. The highest BCUT2D eigenvalue weighted by molar-refractivity contribution is 5.81. The summed E-state index contributed by atoms with van der Waals surface area (Å²) in [5, 5.41) is 9.32. The van der Waals surface area contributed by atoms with E-state index < -0.39 is 24.5 Å². The third kappa shape index (κ3) is 8.21. The van der Waals surface area contributed by atoms with Gasteiger partial charge >= 0.3 is 11.9 Å². The molecule has 0 heterocycles. The Morgan fingerprint density at radius 1 is 1.12 bits per heavy atom. The van der Waals surface area contributed by atoms with Gasteiger partial charge in [-0.2, -0.15) is 0 Å². The van der Waals surface area contributed by atoms with Crippen LogP contribution in [0.2, 0.25) is 0 Å². The lowest BCUT2D eigenvalue weighted by atomic mass is 10.2. The molecule has 5 nitrogen and oxygen atoms in total. The van der Waals surface area contributed by atoms with Crippen molar-refractivity contribution in [2.75, 3.05) is 13.2 Å². The number of hydrogen-bond donors (Lipinski definition) is 1. The zero-order valence-electron chi connectivity index (χ0n) is 9.76. The molecule has 0 aliphatic heterocycles. The van der Waals surface area contributed by atoms with Crippen LogP contribution >= 0.6 is 0 Å². The molecule has 1 N–H and O–H groups in total. The first kappa shape index (κ1) is 15.4. The standard InChI is InChI=1S/C12H18O5/c1-3-5-7-16-11(14)9-10(13)12(15)17-8-6-4-2/h3-4,10,13H,1-2,5-9H2. The van der Waals surface area contributed by atoms with Crippen LogP contribution in [-0.4, -0.2) is 36.4 Å². The molecule has 0 spiro atoms. The second-order valence-corrected chi connectivity index (χ2v) is 3.26. The molecule has 0 aromatic carbocycles. The molecule has 0 aliphatic carbocycles. The van der Waals surface area contributed by atoms with Gasteiger partial charge in [0.05, 0.1) is 19.6 Å². The first-order valence-electron chi connectivity index (χ1n) is 5.34. The minimum Gasteiger partial charge on any atom is -0.465 e. The van der Waals surface area contributed by atoms with E-state index >= 15 is 0 Å². The van der Waals surface area contributed by atoms with E-state index in [2.05, 4.69) is 17.9 Å². The van der Waals surface area contributed by atoms with Gasteiger partial charge in [0.1, 0.15) is 0 Å². The van der Waals surface area contributed by atoms with Crippen LogP contribution in [0.25, 0.3) is 0 Å². The van der Waals surface area contributed by atoms with Crippen LogP contribution in [0.4, 0.5) is 0 Å². The van der Waals surface area contributed by atoms with Gasteiger partial charge in [0.15, 0.2) is 6.10 Å². The maximum absolute atomic E-state index is 11.2. The van der Waals surface area contributed by atoms with Gasteiger partial charge in [-0.25, -0.2) is 4.79 Å². The third-order valence-corrected chi connectivity index (χ3v) is 1.78. The number of hydrogen-bond acceptors (Lipinski definition) is 5. The van der Waals surface area contributed by atoms with Crippen molar-refractivity contribution < 1.29 is 24.2 Å². The van der Waals surface area contributed by atoms with E-state index in [1.807, 2.05) is 0 Å². The highest BCUT2D eigenvalue weighted by Crippen LogP contribution is 1.99. The summed E-state index contributed by atoms with van der Waals surface area (Å²) in [5.41, 5.74) is 0. The molecular weight excluding hydrogens is 224 g/mol. The fourth-order valence-corrected chi connectivity index (χ4v) is 0.895. The third-order valence-electron chi connectivity index (χ3n) is 1.78. The largest absolute Gasteiger partial charge is 0.465 e. The molecule has 0 rings (SSSR count). The van der Waals surface area contributed by atoms with Gasteiger partial charge < -0.3 is 14.6 Å². The van der Waals surface area contributed by atoms with Gasteiger partial charge in [-0.1, -0.05) is 12.2 Å². The summed E-state index contributed by atoms with van der Waals surface area (Å²) in [5.74, 6) is -1.47. The molecule has 0 saturated heterocycles. The smallest absolute Gasteiger partial charge is 0.335 e. The quantitative estimate of drug-likeness (QED) is 0.370. The van der Waals surface area contributed by atoms with E-state index in [-0.39, 0.29) is 13.2 Å². The van der Waals surface area contributed by atoms with E-state index in [1.165, 1.54) is 0 Å². The van der Waals surface area contributed by atoms with Crippen molar-refractivity contribution in [2.24, 2.45) is 0 Å². The van der Waals surface area contributed by atoms with E-state index in [4.69, 9.17) is 4.74 Å². The summed E-state index contributed by atoms with van der Waals surface area (Å²) in [6, 6.07) is 0. The summed E-state index contributed by atoms with van der Waals surface area (Å²) in [4.78, 5) is 22.3. The molecule has 0 aromatic rings. The van der Waals surface area contributed by atoms with Crippen LogP contribution in [0.5, 0.6) is 0 Å². The normalized spacial score (nSPS) is 11.4. The SMILES string of the molecule is C=CCCOC(=O)CC(O)C(=O)OCCC=C. The summed E-state index contributed by atoms with van der Waals surface area (Å²) < 4.78 is 9.42. The Hall–Kier alpha value is -1.62. The maximum Gasteiger partial charge on any atom is 0.335 e. The van der Waals surface area contributed by atoms with Crippen LogP contribution in [0.3, 0.4) is 0 Å². The molecule has 0 amide bonds. The van der Waals surface area contributed by atoms with Gasteiger partial charge in [-0.15, -0.1) is 13.2 Å². The Labute approximate surface area is 101 Å². The van der Waals surface area contributed by atoms with Crippen molar-refractivity contribution in [3.8, 4) is 0 Å². The average molecular weight is 242 g/mol. The van der Waals surface area contributed by atoms with E-state index in [1.54, 1.807) is 12.2 Å². The topological polar surface area (TPSA) is 72.8 Å². The van der Waals surface area contributed by atoms with Crippen molar-refractivity contribution in [2.45, 2.75) is 25.4 Å². The first-order chi connectivity index (χ1) is 8.11. The molecule has 0 aliphatic rings. The van der Waals surface area contributed by atoms with Gasteiger partial charge in [0.2, 0.25) is 0 Å². The van der Waals surface area contributed by atoms with Crippen molar-refractivity contribution in [3.63, 3.8) is 0 Å². The Morgan fingerprint density at radius 3 is 2.18 bits per heavy atom.